The molecule has 0 amide bonds. The van der Waals surface area contributed by atoms with Gasteiger partial charge in [0.25, 0.3) is 0 Å². The number of rotatable bonds is 4. The molecule has 2 aromatic rings. The summed E-state index contributed by atoms with van der Waals surface area (Å²) in [7, 11) is 0. The molecule has 0 saturated carbocycles. The Morgan fingerprint density at radius 1 is 1.24 bits per heavy atom. The zero-order chi connectivity index (χ0) is 15.7. The second-order valence-corrected chi connectivity index (χ2v) is 6.18. The number of ketones is 1. The van der Waals surface area contributed by atoms with Crippen molar-refractivity contribution in [1.82, 2.24) is 4.98 Å². The number of aromatic nitrogens is 1. The molecule has 0 atom stereocenters. The van der Waals surface area contributed by atoms with Crippen LogP contribution in [0, 0.1) is 0 Å². The molecule has 0 fully saturated rings. The van der Waals surface area contributed by atoms with E-state index in [2.05, 4.69) is 10.3 Å². The van der Waals surface area contributed by atoms with Crippen LogP contribution in [-0.2, 0) is 0 Å². The van der Waals surface area contributed by atoms with Crippen LogP contribution in [0.5, 0.6) is 0 Å². The van der Waals surface area contributed by atoms with Crippen LogP contribution >= 0.6 is 46.1 Å². The molecule has 0 radical (unpaired) electrons. The Balaban J connectivity index is 2.43. The Hall–Kier alpha value is -1.34. The SMILES string of the molecule is CC(=O)c1sc(Nc2c(Cl)cc(Cl)cc2Cl)nc1C(=O)O. The van der Waals surface area contributed by atoms with Gasteiger partial charge in [-0.05, 0) is 12.1 Å². The van der Waals surface area contributed by atoms with Gasteiger partial charge in [-0.1, -0.05) is 46.1 Å². The molecule has 2 rings (SSSR count). The van der Waals surface area contributed by atoms with E-state index in [9.17, 15) is 9.59 Å². The summed E-state index contributed by atoms with van der Waals surface area (Å²) in [6, 6.07) is 2.96. The molecule has 2 N–H and O–H groups in total. The maximum absolute atomic E-state index is 11.4. The van der Waals surface area contributed by atoms with Gasteiger partial charge in [-0.2, -0.15) is 0 Å². The molecule has 0 aliphatic heterocycles. The number of hydrogen-bond donors (Lipinski definition) is 2. The molecule has 0 aliphatic carbocycles. The van der Waals surface area contributed by atoms with Crippen LogP contribution in [-0.4, -0.2) is 21.8 Å². The number of benzene rings is 1. The number of hydrogen-bond acceptors (Lipinski definition) is 5. The molecule has 21 heavy (non-hydrogen) atoms. The van der Waals surface area contributed by atoms with E-state index in [1.807, 2.05) is 0 Å². The fraction of sp³-hybridized carbons (Fsp3) is 0.0833. The molecular weight excluding hydrogens is 359 g/mol. The number of nitrogens with one attached hydrogen (secondary N) is 1. The van der Waals surface area contributed by atoms with Crippen molar-refractivity contribution >= 4 is 68.7 Å². The molecule has 0 unspecified atom stereocenters. The average molecular weight is 366 g/mol. The van der Waals surface area contributed by atoms with Gasteiger partial charge in [0.05, 0.1) is 15.7 Å². The molecule has 0 aliphatic rings. The highest BCUT2D eigenvalue weighted by atomic mass is 35.5. The van der Waals surface area contributed by atoms with Gasteiger partial charge in [0.15, 0.2) is 16.6 Å². The van der Waals surface area contributed by atoms with Crippen molar-refractivity contribution in [2.45, 2.75) is 6.92 Å². The molecule has 1 aromatic heterocycles. The maximum atomic E-state index is 11.4. The van der Waals surface area contributed by atoms with Gasteiger partial charge < -0.3 is 10.4 Å². The van der Waals surface area contributed by atoms with E-state index in [-0.39, 0.29) is 31.5 Å². The van der Waals surface area contributed by atoms with E-state index in [4.69, 9.17) is 39.9 Å². The fourth-order valence-corrected chi connectivity index (χ4v) is 3.29. The van der Waals surface area contributed by atoms with Gasteiger partial charge in [-0.25, -0.2) is 9.78 Å². The maximum Gasteiger partial charge on any atom is 0.356 e. The van der Waals surface area contributed by atoms with Crippen molar-refractivity contribution in [3.8, 4) is 0 Å². The van der Waals surface area contributed by atoms with Gasteiger partial charge in [-0.15, -0.1) is 0 Å². The molecular formula is C12H7Cl3N2O3S. The van der Waals surface area contributed by atoms with Crippen molar-refractivity contribution in [3.63, 3.8) is 0 Å². The number of nitrogens with zero attached hydrogens (tertiary/aromatic N) is 1. The molecule has 5 nitrogen and oxygen atoms in total. The molecule has 0 bridgehead atoms. The first-order chi connectivity index (χ1) is 9.79. The number of carbonyl (C=O) groups excluding carboxylic acids is 1. The van der Waals surface area contributed by atoms with Crippen molar-refractivity contribution < 1.29 is 14.7 Å². The number of carbonyl (C=O) groups is 2. The van der Waals surface area contributed by atoms with Crippen LogP contribution in [0.25, 0.3) is 0 Å². The average Bonchev–Trinajstić information content (AvgIpc) is 2.78. The highest BCUT2D eigenvalue weighted by Gasteiger charge is 2.21. The number of aromatic carboxylic acids is 1. The van der Waals surface area contributed by atoms with Crippen molar-refractivity contribution in [2.24, 2.45) is 0 Å². The van der Waals surface area contributed by atoms with E-state index in [1.54, 1.807) is 0 Å². The highest BCUT2D eigenvalue weighted by molar-refractivity contribution is 7.17. The lowest BCUT2D eigenvalue weighted by Crippen LogP contribution is -2.03. The van der Waals surface area contributed by atoms with Crippen LogP contribution in [0.2, 0.25) is 15.1 Å². The van der Waals surface area contributed by atoms with E-state index in [0.29, 0.717) is 10.7 Å². The van der Waals surface area contributed by atoms with Gasteiger partial charge >= 0.3 is 5.97 Å². The molecule has 110 valence electrons. The minimum absolute atomic E-state index is 0.0474. The largest absolute Gasteiger partial charge is 0.476 e. The van der Waals surface area contributed by atoms with Crippen LogP contribution in [0.4, 0.5) is 10.8 Å². The Morgan fingerprint density at radius 3 is 2.24 bits per heavy atom. The third-order valence-electron chi connectivity index (χ3n) is 2.39. The van der Waals surface area contributed by atoms with E-state index >= 15 is 0 Å². The van der Waals surface area contributed by atoms with E-state index in [0.717, 1.165) is 11.3 Å². The normalized spacial score (nSPS) is 10.5. The summed E-state index contributed by atoms with van der Waals surface area (Å²) in [5.41, 5.74) is 0.0275. The smallest absolute Gasteiger partial charge is 0.356 e. The molecule has 0 spiro atoms. The number of carboxylic acid groups (broad SMARTS) is 1. The zero-order valence-electron chi connectivity index (χ0n) is 10.4. The van der Waals surface area contributed by atoms with E-state index in [1.165, 1.54) is 19.1 Å². The van der Waals surface area contributed by atoms with Gasteiger partial charge in [0.2, 0.25) is 0 Å². The summed E-state index contributed by atoms with van der Waals surface area (Å²) in [6.07, 6.45) is 0. The second-order valence-electron chi connectivity index (χ2n) is 3.93. The number of carboxylic acids is 1. The summed E-state index contributed by atoms with van der Waals surface area (Å²) in [4.78, 5) is 26.4. The molecule has 9 heteroatoms. The van der Waals surface area contributed by atoms with Crippen LogP contribution in [0.3, 0.4) is 0 Å². The monoisotopic (exact) mass is 364 g/mol. The first-order valence-corrected chi connectivity index (χ1v) is 7.41. The van der Waals surface area contributed by atoms with Gasteiger partial charge in [0.1, 0.15) is 4.88 Å². The van der Waals surface area contributed by atoms with Crippen molar-refractivity contribution in [2.75, 3.05) is 5.32 Å². The summed E-state index contributed by atoms with van der Waals surface area (Å²) >= 11 is 18.8. The number of anilines is 2. The van der Waals surface area contributed by atoms with Gasteiger partial charge in [0, 0.05) is 11.9 Å². The minimum Gasteiger partial charge on any atom is -0.476 e. The fourth-order valence-electron chi connectivity index (χ4n) is 1.53. The highest BCUT2D eigenvalue weighted by Crippen LogP contribution is 2.37. The second kappa shape index (κ2) is 6.19. The predicted molar refractivity (Wildman–Crippen MR) is 83.8 cm³/mol. The van der Waals surface area contributed by atoms with Crippen LogP contribution < -0.4 is 5.32 Å². The zero-order valence-corrected chi connectivity index (χ0v) is 13.5. The summed E-state index contributed by atoms with van der Waals surface area (Å²) < 4.78 is 0. The lowest BCUT2D eigenvalue weighted by molar-refractivity contribution is 0.0687. The van der Waals surface area contributed by atoms with Gasteiger partial charge in [-0.3, -0.25) is 4.79 Å². The summed E-state index contributed by atoms with van der Waals surface area (Å²) in [5, 5.41) is 12.9. The van der Waals surface area contributed by atoms with Crippen LogP contribution in [0.1, 0.15) is 27.1 Å². The summed E-state index contributed by atoms with van der Waals surface area (Å²) in [5.74, 6) is -1.66. The number of thiazole rings is 1. The Kier molecular flexibility index (Phi) is 4.73. The Bertz CT molecular complexity index is 691. The number of halogens is 3. The van der Waals surface area contributed by atoms with Crippen molar-refractivity contribution in [3.05, 3.63) is 37.8 Å². The minimum atomic E-state index is -1.28. The molecule has 1 aromatic carbocycles. The third kappa shape index (κ3) is 3.47. The summed E-state index contributed by atoms with van der Waals surface area (Å²) in [6.45, 7) is 1.27. The lowest BCUT2D eigenvalue weighted by atomic mass is 10.3. The topological polar surface area (TPSA) is 79.3 Å². The molecule has 0 saturated heterocycles. The number of Topliss-reactive ketones (excluding diaryl/α,β-unsaturated/α-hetero) is 1. The van der Waals surface area contributed by atoms with Crippen LogP contribution in [0.15, 0.2) is 12.1 Å². The Morgan fingerprint density at radius 2 is 1.81 bits per heavy atom. The first-order valence-electron chi connectivity index (χ1n) is 5.46. The predicted octanol–water partition coefficient (Wildman–Crippen LogP) is 4.75. The third-order valence-corrected chi connectivity index (χ3v) is 4.27. The first kappa shape index (κ1) is 16.0. The van der Waals surface area contributed by atoms with Crippen molar-refractivity contribution in [1.29, 1.82) is 0 Å². The quantitative estimate of drug-likeness (QED) is 0.764. The molecule has 1 heterocycles. The Labute approximate surface area is 138 Å². The van der Waals surface area contributed by atoms with E-state index < -0.39 is 5.97 Å². The standard InChI is InChI=1S/C12H7Cl3N2O3S/c1-4(18)10-9(11(19)20)17-12(21-10)16-8-6(14)2-5(13)3-7(8)15/h2-3H,1H3,(H,16,17)(H,19,20). The lowest BCUT2D eigenvalue weighted by Gasteiger charge is -2.08.